The summed E-state index contributed by atoms with van der Waals surface area (Å²) in [5.41, 5.74) is 4.64. The van der Waals surface area contributed by atoms with Crippen LogP contribution in [-0.4, -0.2) is 23.8 Å². The Hall–Kier alpha value is -0.640. The summed E-state index contributed by atoms with van der Waals surface area (Å²) in [5.74, 6) is -1.30. The van der Waals surface area contributed by atoms with Crippen LogP contribution in [0.2, 0.25) is 0 Å². The van der Waals surface area contributed by atoms with E-state index in [0.29, 0.717) is 0 Å². The Morgan fingerprint density at radius 2 is 2.43 bits per heavy atom. The Morgan fingerprint density at radius 3 is 2.43 bits per heavy atom. The molecule has 3 N–H and O–H groups in total. The fourth-order valence-electron chi connectivity index (χ4n) is 0.0660. The predicted octanol–water partition coefficient (Wildman–Crippen LogP) is -0.632. The van der Waals surface area contributed by atoms with Crippen molar-refractivity contribution in [2.75, 3.05) is 6.67 Å². The SMILES string of the molecule is N[C@H](CF)C(=O)O. The number of halogens is 1. The highest BCUT2D eigenvalue weighted by molar-refractivity contribution is 5.73. The van der Waals surface area contributed by atoms with Crippen molar-refractivity contribution in [1.29, 1.82) is 0 Å². The first kappa shape index (κ1) is 6.36. The molecule has 0 unspecified atom stereocenters. The molecule has 0 aromatic rings. The molecule has 4 heteroatoms. The zero-order valence-corrected chi connectivity index (χ0v) is 3.60. The normalized spacial score (nSPS) is 13.4. The van der Waals surface area contributed by atoms with E-state index in [2.05, 4.69) is 5.73 Å². The Balaban J connectivity index is 3.34. The summed E-state index contributed by atoms with van der Waals surface area (Å²) in [4.78, 5) is 9.57. The van der Waals surface area contributed by atoms with E-state index >= 15 is 0 Å². The molecule has 0 rings (SSSR count). The maximum absolute atomic E-state index is 11.1. The third kappa shape index (κ3) is 2.11. The summed E-state index contributed by atoms with van der Waals surface area (Å²) in [5, 5.41) is 7.82. The summed E-state index contributed by atoms with van der Waals surface area (Å²) in [6.45, 7) is -1.00. The smallest absolute Gasteiger partial charge is 0.323 e. The Kier molecular flexibility index (Phi) is 2.29. The fraction of sp³-hybridized carbons (Fsp3) is 0.667. The Morgan fingerprint density at radius 1 is 2.00 bits per heavy atom. The lowest BCUT2D eigenvalue weighted by atomic mass is 10.4. The van der Waals surface area contributed by atoms with E-state index < -0.39 is 18.7 Å². The molecule has 1 atom stereocenters. The summed E-state index contributed by atoms with van der Waals surface area (Å²) in [6.07, 6.45) is 0. The third-order valence-electron chi connectivity index (χ3n) is 0.483. The molecule has 0 bridgehead atoms. The lowest BCUT2D eigenvalue weighted by Gasteiger charge is -1.94. The summed E-state index contributed by atoms with van der Waals surface area (Å²) in [7, 11) is 0. The molecule has 42 valence electrons. The second kappa shape index (κ2) is 2.52. The van der Waals surface area contributed by atoms with Crippen LogP contribution in [0.3, 0.4) is 0 Å². The Bertz CT molecular complexity index is 75.3. The van der Waals surface area contributed by atoms with Crippen molar-refractivity contribution in [2.45, 2.75) is 6.04 Å². The van der Waals surface area contributed by atoms with Gasteiger partial charge in [0.2, 0.25) is 0 Å². The van der Waals surface area contributed by atoms with Crippen molar-refractivity contribution in [2.24, 2.45) is 5.73 Å². The van der Waals surface area contributed by atoms with Gasteiger partial charge in [-0.1, -0.05) is 0 Å². The van der Waals surface area contributed by atoms with E-state index in [-0.39, 0.29) is 0 Å². The first-order valence-corrected chi connectivity index (χ1v) is 1.73. The predicted molar refractivity (Wildman–Crippen MR) is 21.6 cm³/mol. The summed E-state index contributed by atoms with van der Waals surface area (Å²) in [6, 6.07) is -1.35. The molecule has 0 saturated carbocycles. The van der Waals surface area contributed by atoms with Crippen LogP contribution in [0.5, 0.6) is 0 Å². The number of hydrogen-bond acceptors (Lipinski definition) is 2. The minimum absolute atomic E-state index is 1.00. The molecule has 0 amide bonds. The van der Waals surface area contributed by atoms with Crippen LogP contribution in [0.1, 0.15) is 0 Å². The zero-order valence-electron chi connectivity index (χ0n) is 3.60. The highest BCUT2D eigenvalue weighted by Crippen LogP contribution is 1.76. The largest absolute Gasteiger partial charge is 0.480 e. The summed E-state index contributed by atoms with van der Waals surface area (Å²) < 4.78 is 11.1. The molecule has 0 aromatic heterocycles. The molecule has 0 aliphatic carbocycles. The van der Waals surface area contributed by atoms with Gasteiger partial charge in [0, 0.05) is 0 Å². The van der Waals surface area contributed by atoms with Crippen molar-refractivity contribution >= 4 is 5.97 Å². The molecule has 0 aromatic carbocycles. The van der Waals surface area contributed by atoms with E-state index in [1.807, 2.05) is 0 Å². The van der Waals surface area contributed by atoms with E-state index in [4.69, 9.17) is 5.11 Å². The van der Waals surface area contributed by atoms with Gasteiger partial charge < -0.3 is 10.8 Å². The van der Waals surface area contributed by atoms with Crippen LogP contribution in [0, 0.1) is 0 Å². The molecule has 0 aliphatic rings. The second-order valence-corrected chi connectivity index (χ2v) is 1.10. The van der Waals surface area contributed by atoms with Crippen LogP contribution in [0.4, 0.5) is 4.39 Å². The van der Waals surface area contributed by atoms with Crippen molar-refractivity contribution < 1.29 is 14.3 Å². The molecule has 0 heterocycles. The first-order chi connectivity index (χ1) is 3.18. The van der Waals surface area contributed by atoms with Crippen molar-refractivity contribution in [3.63, 3.8) is 0 Å². The minimum Gasteiger partial charge on any atom is -0.480 e. The lowest BCUT2D eigenvalue weighted by Crippen LogP contribution is -2.31. The summed E-state index contributed by atoms with van der Waals surface area (Å²) >= 11 is 0. The quantitative estimate of drug-likeness (QED) is 0.493. The van der Waals surface area contributed by atoms with Crippen molar-refractivity contribution in [1.82, 2.24) is 0 Å². The van der Waals surface area contributed by atoms with E-state index in [1.165, 1.54) is 0 Å². The molecule has 0 aliphatic heterocycles. The maximum Gasteiger partial charge on any atom is 0.323 e. The molecule has 0 saturated heterocycles. The number of carboxylic acids is 1. The van der Waals surface area contributed by atoms with Gasteiger partial charge in [-0.3, -0.25) is 4.79 Å². The minimum atomic E-state index is -1.35. The molecular formula is C3H6FNO2. The highest BCUT2D eigenvalue weighted by Gasteiger charge is 2.08. The maximum atomic E-state index is 11.1. The topological polar surface area (TPSA) is 63.3 Å². The Labute approximate surface area is 39.9 Å². The number of nitrogens with two attached hydrogens (primary N) is 1. The van der Waals surface area contributed by atoms with Crippen molar-refractivity contribution in [3.05, 3.63) is 0 Å². The van der Waals surface area contributed by atoms with E-state index in [1.54, 1.807) is 0 Å². The zero-order chi connectivity index (χ0) is 5.86. The van der Waals surface area contributed by atoms with Crippen LogP contribution in [0.15, 0.2) is 0 Å². The third-order valence-corrected chi connectivity index (χ3v) is 0.483. The molecular weight excluding hydrogens is 101 g/mol. The van der Waals surface area contributed by atoms with Gasteiger partial charge in [-0.25, -0.2) is 4.39 Å². The fourth-order valence-corrected chi connectivity index (χ4v) is 0.0660. The van der Waals surface area contributed by atoms with E-state index in [0.717, 1.165) is 0 Å². The average molecular weight is 107 g/mol. The average Bonchev–Trinajstić information content (AvgIpc) is 1.65. The standard InChI is InChI=1S/C3H6FNO2/c4-1-2(5)3(6)7/h2H,1,5H2,(H,6,7)/t2-/m1/s1. The first-order valence-electron chi connectivity index (χ1n) is 1.73. The van der Waals surface area contributed by atoms with Gasteiger partial charge in [0.15, 0.2) is 0 Å². The molecule has 0 fully saturated rings. The second-order valence-electron chi connectivity index (χ2n) is 1.10. The lowest BCUT2D eigenvalue weighted by molar-refractivity contribution is -0.138. The van der Waals surface area contributed by atoms with Crippen molar-refractivity contribution in [3.8, 4) is 0 Å². The van der Waals surface area contributed by atoms with Gasteiger partial charge in [0.25, 0.3) is 0 Å². The van der Waals surface area contributed by atoms with E-state index in [9.17, 15) is 9.18 Å². The van der Waals surface area contributed by atoms with Gasteiger partial charge in [-0.2, -0.15) is 0 Å². The number of carbonyl (C=O) groups is 1. The molecule has 3 nitrogen and oxygen atoms in total. The number of carboxylic acid groups (broad SMARTS) is 1. The number of rotatable bonds is 2. The number of aliphatic carboxylic acids is 1. The van der Waals surface area contributed by atoms with Crippen LogP contribution < -0.4 is 5.73 Å². The monoisotopic (exact) mass is 107 g/mol. The van der Waals surface area contributed by atoms with Gasteiger partial charge >= 0.3 is 5.97 Å². The van der Waals surface area contributed by atoms with Gasteiger partial charge in [0.05, 0.1) is 0 Å². The number of alkyl halides is 1. The van der Waals surface area contributed by atoms with Gasteiger partial charge in [-0.05, 0) is 0 Å². The van der Waals surface area contributed by atoms with Crippen LogP contribution in [-0.2, 0) is 4.79 Å². The molecule has 7 heavy (non-hydrogen) atoms. The number of hydrogen-bond donors (Lipinski definition) is 2. The van der Waals surface area contributed by atoms with Crippen LogP contribution in [0.25, 0.3) is 0 Å². The molecule has 0 radical (unpaired) electrons. The van der Waals surface area contributed by atoms with Gasteiger partial charge in [0.1, 0.15) is 12.7 Å². The van der Waals surface area contributed by atoms with Crippen LogP contribution >= 0.6 is 0 Å². The highest BCUT2D eigenvalue weighted by atomic mass is 19.1. The molecule has 0 spiro atoms. The van der Waals surface area contributed by atoms with Gasteiger partial charge in [-0.15, -0.1) is 0 Å².